The first-order valence-electron chi connectivity index (χ1n) is 3.92. The molecule has 0 unspecified atom stereocenters. The van der Waals surface area contributed by atoms with Crippen molar-refractivity contribution in [2.24, 2.45) is 0 Å². The summed E-state index contributed by atoms with van der Waals surface area (Å²) in [6.07, 6.45) is 1.73. The van der Waals surface area contributed by atoms with Crippen LogP contribution in [0.25, 0.3) is 10.7 Å². The highest BCUT2D eigenvalue weighted by Gasteiger charge is 2.04. The van der Waals surface area contributed by atoms with Gasteiger partial charge in [0.2, 0.25) is 0 Å². The second-order valence-electron chi connectivity index (χ2n) is 2.63. The summed E-state index contributed by atoms with van der Waals surface area (Å²) < 4.78 is 1.05. The first kappa shape index (κ1) is 10.1. The number of halogens is 2. The normalized spacial score (nSPS) is 10.4. The average Bonchev–Trinajstić information content (AvgIpc) is 2.65. The van der Waals surface area contributed by atoms with Gasteiger partial charge in [-0.3, -0.25) is 0 Å². The molecule has 2 rings (SSSR count). The van der Waals surface area contributed by atoms with E-state index < -0.39 is 0 Å². The molecule has 0 radical (unpaired) electrons. The lowest BCUT2D eigenvalue weighted by Gasteiger charge is -1.97. The molecule has 0 aromatic carbocycles. The summed E-state index contributed by atoms with van der Waals surface area (Å²) in [6, 6.07) is 3.82. The summed E-state index contributed by atoms with van der Waals surface area (Å²) in [7, 11) is 0. The van der Waals surface area contributed by atoms with Gasteiger partial charge in [-0.15, -0.1) is 22.9 Å². The van der Waals surface area contributed by atoms with Gasteiger partial charge in [0.15, 0.2) is 5.82 Å². The predicted octanol–water partition coefficient (Wildman–Crippen LogP) is 3.71. The highest BCUT2D eigenvalue weighted by atomic mass is 79.9. The minimum atomic E-state index is 0.419. The molecule has 72 valence electrons. The number of alkyl halides is 1. The SMILES string of the molecule is ClCc1ccnc(-c2cc(Br)cs2)n1. The molecule has 5 heteroatoms. The maximum absolute atomic E-state index is 5.70. The third-order valence-corrected chi connectivity index (χ3v) is 3.60. The van der Waals surface area contributed by atoms with Crippen molar-refractivity contribution >= 4 is 38.9 Å². The van der Waals surface area contributed by atoms with Crippen molar-refractivity contribution in [2.75, 3.05) is 0 Å². The van der Waals surface area contributed by atoms with E-state index in [9.17, 15) is 0 Å². The van der Waals surface area contributed by atoms with Crippen molar-refractivity contribution < 1.29 is 0 Å². The lowest BCUT2D eigenvalue weighted by Crippen LogP contribution is -1.90. The molecule has 2 nitrogen and oxygen atoms in total. The predicted molar refractivity (Wildman–Crippen MR) is 62.6 cm³/mol. The Bertz CT molecular complexity index is 444. The van der Waals surface area contributed by atoms with Crippen LogP contribution >= 0.6 is 38.9 Å². The lowest BCUT2D eigenvalue weighted by atomic mass is 10.4. The second kappa shape index (κ2) is 4.38. The first-order chi connectivity index (χ1) is 6.79. The molecular weight excluding hydrogens is 284 g/mol. The molecule has 0 saturated heterocycles. The van der Waals surface area contributed by atoms with E-state index in [1.165, 1.54) is 0 Å². The van der Waals surface area contributed by atoms with Crippen LogP contribution in [-0.4, -0.2) is 9.97 Å². The molecular formula is C9H6BrClN2S. The summed E-state index contributed by atoms with van der Waals surface area (Å²) in [4.78, 5) is 9.56. The smallest absolute Gasteiger partial charge is 0.169 e. The fraction of sp³-hybridized carbons (Fsp3) is 0.111. The first-order valence-corrected chi connectivity index (χ1v) is 6.12. The van der Waals surface area contributed by atoms with Gasteiger partial charge < -0.3 is 0 Å². The Morgan fingerprint density at radius 2 is 2.36 bits per heavy atom. The zero-order valence-electron chi connectivity index (χ0n) is 7.08. The number of thiophene rings is 1. The highest BCUT2D eigenvalue weighted by Crippen LogP contribution is 2.27. The van der Waals surface area contributed by atoms with E-state index in [2.05, 4.69) is 25.9 Å². The molecule has 0 spiro atoms. The molecule has 0 N–H and O–H groups in total. The van der Waals surface area contributed by atoms with Crippen LogP contribution in [-0.2, 0) is 5.88 Å². The monoisotopic (exact) mass is 288 g/mol. The molecule has 2 aromatic heterocycles. The van der Waals surface area contributed by atoms with Crippen molar-refractivity contribution in [3.8, 4) is 10.7 Å². The number of hydrogen-bond donors (Lipinski definition) is 0. The summed E-state index contributed by atoms with van der Waals surface area (Å²) >= 11 is 10.7. The van der Waals surface area contributed by atoms with Gasteiger partial charge >= 0.3 is 0 Å². The quantitative estimate of drug-likeness (QED) is 0.788. The van der Waals surface area contributed by atoms with Crippen molar-refractivity contribution in [3.05, 3.63) is 33.9 Å². The molecule has 0 aliphatic rings. The largest absolute Gasteiger partial charge is 0.236 e. The Labute approximate surface area is 99.1 Å². The Morgan fingerprint density at radius 3 is 3.00 bits per heavy atom. The number of rotatable bonds is 2. The topological polar surface area (TPSA) is 25.8 Å². The lowest BCUT2D eigenvalue weighted by molar-refractivity contribution is 1.10. The molecule has 0 atom stereocenters. The van der Waals surface area contributed by atoms with Gasteiger partial charge in [-0.25, -0.2) is 9.97 Å². The van der Waals surface area contributed by atoms with Crippen LogP contribution in [0.5, 0.6) is 0 Å². The fourth-order valence-corrected chi connectivity index (χ4v) is 2.54. The summed E-state index contributed by atoms with van der Waals surface area (Å²) in [5, 5.41) is 2.01. The number of hydrogen-bond acceptors (Lipinski definition) is 3. The van der Waals surface area contributed by atoms with Gasteiger partial charge in [0.1, 0.15) is 0 Å². The van der Waals surface area contributed by atoms with E-state index in [4.69, 9.17) is 11.6 Å². The molecule has 0 amide bonds. The maximum atomic E-state index is 5.70. The van der Waals surface area contributed by atoms with Crippen LogP contribution in [0.4, 0.5) is 0 Å². The Balaban J connectivity index is 2.41. The number of aromatic nitrogens is 2. The van der Waals surface area contributed by atoms with E-state index in [0.29, 0.717) is 5.88 Å². The molecule has 2 heterocycles. The Hall–Kier alpha value is -0.450. The number of nitrogens with zero attached hydrogens (tertiary/aromatic N) is 2. The molecule has 0 aliphatic carbocycles. The maximum Gasteiger partial charge on any atom is 0.169 e. The van der Waals surface area contributed by atoms with E-state index in [1.54, 1.807) is 17.5 Å². The molecule has 2 aromatic rings. The minimum Gasteiger partial charge on any atom is -0.236 e. The van der Waals surface area contributed by atoms with Crippen LogP contribution in [0.1, 0.15) is 5.69 Å². The van der Waals surface area contributed by atoms with Crippen LogP contribution < -0.4 is 0 Å². The molecule has 14 heavy (non-hydrogen) atoms. The third-order valence-electron chi connectivity index (χ3n) is 1.64. The Kier molecular flexibility index (Phi) is 3.15. The second-order valence-corrected chi connectivity index (χ2v) is 4.73. The van der Waals surface area contributed by atoms with E-state index in [0.717, 1.165) is 20.9 Å². The average molecular weight is 290 g/mol. The van der Waals surface area contributed by atoms with E-state index in [-0.39, 0.29) is 0 Å². The highest BCUT2D eigenvalue weighted by molar-refractivity contribution is 9.10. The van der Waals surface area contributed by atoms with E-state index >= 15 is 0 Å². The van der Waals surface area contributed by atoms with Crippen molar-refractivity contribution in [1.82, 2.24) is 9.97 Å². The van der Waals surface area contributed by atoms with Crippen LogP contribution in [0.15, 0.2) is 28.2 Å². The van der Waals surface area contributed by atoms with Crippen LogP contribution in [0.3, 0.4) is 0 Å². The van der Waals surface area contributed by atoms with Crippen molar-refractivity contribution in [3.63, 3.8) is 0 Å². The summed E-state index contributed by atoms with van der Waals surface area (Å²) in [5.41, 5.74) is 0.848. The van der Waals surface area contributed by atoms with Gasteiger partial charge in [-0.1, -0.05) is 0 Å². The summed E-state index contributed by atoms with van der Waals surface area (Å²) in [6.45, 7) is 0. The zero-order valence-corrected chi connectivity index (χ0v) is 10.2. The molecule has 0 aliphatic heterocycles. The third kappa shape index (κ3) is 2.13. The zero-order chi connectivity index (χ0) is 9.97. The van der Waals surface area contributed by atoms with Crippen molar-refractivity contribution in [1.29, 1.82) is 0 Å². The van der Waals surface area contributed by atoms with Gasteiger partial charge in [-0.2, -0.15) is 0 Å². The summed E-state index contributed by atoms with van der Waals surface area (Å²) in [5.74, 6) is 1.15. The van der Waals surface area contributed by atoms with Gasteiger partial charge in [0.05, 0.1) is 16.5 Å². The molecule has 0 fully saturated rings. The van der Waals surface area contributed by atoms with Gasteiger partial charge in [0, 0.05) is 16.0 Å². The van der Waals surface area contributed by atoms with E-state index in [1.807, 2.05) is 17.5 Å². The van der Waals surface area contributed by atoms with Gasteiger partial charge in [0.25, 0.3) is 0 Å². The van der Waals surface area contributed by atoms with Crippen LogP contribution in [0.2, 0.25) is 0 Å². The minimum absolute atomic E-state index is 0.419. The fourth-order valence-electron chi connectivity index (χ4n) is 1.02. The Morgan fingerprint density at radius 1 is 1.50 bits per heavy atom. The molecule has 0 saturated carbocycles. The van der Waals surface area contributed by atoms with Gasteiger partial charge in [-0.05, 0) is 28.1 Å². The standard InChI is InChI=1S/C9H6BrClN2S/c10-6-3-8(14-5-6)9-12-2-1-7(4-11)13-9/h1-3,5H,4H2. The molecule has 0 bridgehead atoms. The van der Waals surface area contributed by atoms with Crippen molar-refractivity contribution in [2.45, 2.75) is 5.88 Å². The van der Waals surface area contributed by atoms with Crippen LogP contribution in [0, 0.1) is 0 Å².